The summed E-state index contributed by atoms with van der Waals surface area (Å²) in [5, 5.41) is 0. The van der Waals surface area contributed by atoms with E-state index < -0.39 is 17.7 Å². The first-order valence-corrected chi connectivity index (χ1v) is 7.99. The van der Waals surface area contributed by atoms with Crippen LogP contribution in [0.25, 0.3) is 5.57 Å². The summed E-state index contributed by atoms with van der Waals surface area (Å²) in [5.41, 5.74) is -0.139. The predicted molar refractivity (Wildman–Crippen MR) is 88.3 cm³/mol. The number of aromatic nitrogens is 1. The molecule has 1 aromatic carbocycles. The summed E-state index contributed by atoms with van der Waals surface area (Å²) in [5.74, 6) is -0.623. The van der Waals surface area contributed by atoms with Crippen molar-refractivity contribution in [3.05, 3.63) is 72.1 Å². The fourth-order valence-electron chi connectivity index (χ4n) is 2.61. The maximum absolute atomic E-state index is 13.4. The van der Waals surface area contributed by atoms with Gasteiger partial charge in [0, 0.05) is 31.1 Å². The summed E-state index contributed by atoms with van der Waals surface area (Å²) in [6.07, 6.45) is 0.974. The number of alkyl halides is 3. The van der Waals surface area contributed by atoms with E-state index in [1.54, 1.807) is 30.6 Å². The molecule has 0 saturated heterocycles. The van der Waals surface area contributed by atoms with E-state index in [0.29, 0.717) is 6.08 Å². The number of hydrogen-bond donors (Lipinski definition) is 0. The third kappa shape index (κ3) is 4.47. The zero-order valence-corrected chi connectivity index (χ0v) is 13.4. The van der Waals surface area contributed by atoms with Crippen LogP contribution in [-0.4, -0.2) is 28.0 Å². The maximum atomic E-state index is 13.4. The van der Waals surface area contributed by atoms with E-state index in [1.165, 1.54) is 29.2 Å². The number of allylic oxidation sites excluding steroid dienone is 1. The standard InChI is InChI=1S/C19H17F3N2O/c20-19(21,22)17(15-6-2-1-3-7-15)11-18(25)24(16-8-9-16)13-14-5-4-10-23-12-14/h1-7,10-12,16H,8-9,13H2/b17-11-. The van der Waals surface area contributed by atoms with Crippen LogP contribution in [0.15, 0.2) is 60.9 Å². The quantitative estimate of drug-likeness (QED) is 0.760. The van der Waals surface area contributed by atoms with Crippen LogP contribution in [0, 0.1) is 0 Å². The largest absolute Gasteiger partial charge is 0.417 e. The minimum Gasteiger partial charge on any atom is -0.332 e. The molecule has 0 N–H and O–H groups in total. The monoisotopic (exact) mass is 346 g/mol. The lowest BCUT2D eigenvalue weighted by Gasteiger charge is -2.22. The number of benzene rings is 1. The van der Waals surface area contributed by atoms with Gasteiger partial charge in [-0.3, -0.25) is 9.78 Å². The Hall–Kier alpha value is -2.63. The van der Waals surface area contributed by atoms with Gasteiger partial charge in [0.1, 0.15) is 0 Å². The maximum Gasteiger partial charge on any atom is 0.417 e. The highest BCUT2D eigenvalue weighted by Gasteiger charge is 2.37. The molecule has 0 bridgehead atoms. The van der Waals surface area contributed by atoms with Crippen molar-refractivity contribution in [1.82, 2.24) is 9.88 Å². The van der Waals surface area contributed by atoms with Crippen LogP contribution in [0.2, 0.25) is 0 Å². The molecule has 1 heterocycles. The second-order valence-corrected chi connectivity index (χ2v) is 5.98. The minimum absolute atomic E-state index is 0.00536. The fourth-order valence-corrected chi connectivity index (χ4v) is 2.61. The van der Waals surface area contributed by atoms with Gasteiger partial charge in [0.05, 0.1) is 5.57 Å². The molecule has 0 unspecified atom stereocenters. The van der Waals surface area contributed by atoms with Crippen molar-refractivity contribution in [2.75, 3.05) is 0 Å². The molecule has 2 aromatic rings. The predicted octanol–water partition coefficient (Wildman–Crippen LogP) is 4.22. The molecule has 1 amide bonds. The number of carbonyl (C=O) groups is 1. The first kappa shape index (κ1) is 17.2. The molecule has 1 aliphatic carbocycles. The molecule has 0 aliphatic heterocycles. The van der Waals surface area contributed by atoms with Gasteiger partial charge in [0.15, 0.2) is 0 Å². The molecule has 1 aromatic heterocycles. The number of rotatable bonds is 5. The van der Waals surface area contributed by atoms with Gasteiger partial charge in [-0.1, -0.05) is 36.4 Å². The van der Waals surface area contributed by atoms with Gasteiger partial charge in [0.2, 0.25) is 5.91 Å². The van der Waals surface area contributed by atoms with Gasteiger partial charge in [-0.2, -0.15) is 13.2 Å². The molecule has 6 heteroatoms. The molecule has 0 radical (unpaired) electrons. The second kappa shape index (κ2) is 7.09. The lowest BCUT2D eigenvalue weighted by Crippen LogP contribution is -2.32. The normalized spacial score (nSPS) is 15.1. The van der Waals surface area contributed by atoms with E-state index >= 15 is 0 Å². The number of hydrogen-bond acceptors (Lipinski definition) is 2. The van der Waals surface area contributed by atoms with Crippen molar-refractivity contribution in [3.63, 3.8) is 0 Å². The average Bonchev–Trinajstić information content (AvgIpc) is 3.43. The molecule has 1 aliphatic rings. The Morgan fingerprint density at radius 3 is 2.44 bits per heavy atom. The topological polar surface area (TPSA) is 33.2 Å². The molecule has 1 fully saturated rings. The zero-order valence-electron chi connectivity index (χ0n) is 13.4. The molecule has 3 rings (SSSR count). The van der Waals surface area contributed by atoms with Crippen molar-refractivity contribution in [2.24, 2.45) is 0 Å². The number of nitrogens with zero attached hydrogens (tertiary/aromatic N) is 2. The smallest absolute Gasteiger partial charge is 0.332 e. The molecule has 25 heavy (non-hydrogen) atoms. The highest BCUT2D eigenvalue weighted by atomic mass is 19.4. The molecule has 0 atom stereocenters. The SMILES string of the molecule is O=C(/C=C(/c1ccccc1)C(F)(F)F)N(Cc1cccnc1)C1CC1. The van der Waals surface area contributed by atoms with Gasteiger partial charge in [-0.25, -0.2) is 0 Å². The summed E-state index contributed by atoms with van der Waals surface area (Å²) >= 11 is 0. The number of pyridine rings is 1. The average molecular weight is 346 g/mol. The van der Waals surface area contributed by atoms with Gasteiger partial charge in [0.25, 0.3) is 0 Å². The van der Waals surface area contributed by atoms with Crippen LogP contribution in [-0.2, 0) is 11.3 Å². The Bertz CT molecular complexity index is 753. The van der Waals surface area contributed by atoms with Crippen molar-refractivity contribution >= 4 is 11.5 Å². The van der Waals surface area contributed by atoms with Crippen LogP contribution in [0.3, 0.4) is 0 Å². The van der Waals surface area contributed by atoms with E-state index in [0.717, 1.165) is 18.4 Å². The number of halogens is 3. The van der Waals surface area contributed by atoms with Gasteiger partial charge < -0.3 is 4.90 Å². The third-order valence-electron chi connectivity index (χ3n) is 4.00. The van der Waals surface area contributed by atoms with Gasteiger partial charge in [-0.05, 0) is 30.0 Å². The van der Waals surface area contributed by atoms with E-state index in [2.05, 4.69) is 4.98 Å². The van der Waals surface area contributed by atoms with E-state index in [9.17, 15) is 18.0 Å². The van der Waals surface area contributed by atoms with E-state index in [-0.39, 0.29) is 18.2 Å². The highest BCUT2D eigenvalue weighted by Crippen LogP contribution is 2.35. The molecule has 130 valence electrons. The zero-order chi connectivity index (χ0) is 17.9. The molecule has 1 saturated carbocycles. The Labute approximate surface area is 143 Å². The molecule has 0 spiro atoms. The first-order valence-electron chi connectivity index (χ1n) is 7.99. The summed E-state index contributed by atoms with van der Waals surface area (Å²) < 4.78 is 40.3. The van der Waals surface area contributed by atoms with Crippen molar-refractivity contribution in [2.45, 2.75) is 31.6 Å². The summed E-state index contributed by atoms with van der Waals surface area (Å²) in [6.45, 7) is 0.258. The van der Waals surface area contributed by atoms with Gasteiger partial charge in [-0.15, -0.1) is 0 Å². The molecular weight excluding hydrogens is 329 g/mol. The van der Waals surface area contributed by atoms with Crippen LogP contribution >= 0.6 is 0 Å². The Morgan fingerprint density at radius 2 is 1.88 bits per heavy atom. The molecular formula is C19H17F3N2O. The van der Waals surface area contributed by atoms with Crippen LogP contribution < -0.4 is 0 Å². The minimum atomic E-state index is -4.60. The number of carbonyl (C=O) groups excluding carboxylic acids is 1. The van der Waals surface area contributed by atoms with E-state index in [1.807, 2.05) is 0 Å². The van der Waals surface area contributed by atoms with Crippen molar-refractivity contribution in [1.29, 1.82) is 0 Å². The third-order valence-corrected chi connectivity index (χ3v) is 4.00. The summed E-state index contributed by atoms with van der Waals surface area (Å²) in [7, 11) is 0. The Balaban J connectivity index is 1.88. The van der Waals surface area contributed by atoms with Crippen molar-refractivity contribution < 1.29 is 18.0 Å². The number of amides is 1. The Kier molecular flexibility index (Phi) is 4.88. The fraction of sp³-hybridized carbons (Fsp3) is 0.263. The highest BCUT2D eigenvalue weighted by molar-refractivity contribution is 5.96. The van der Waals surface area contributed by atoms with Crippen molar-refractivity contribution in [3.8, 4) is 0 Å². The molecule has 3 nitrogen and oxygen atoms in total. The Morgan fingerprint density at radius 1 is 1.16 bits per heavy atom. The summed E-state index contributed by atoms with van der Waals surface area (Å²) in [6, 6.07) is 10.9. The van der Waals surface area contributed by atoms with Crippen LogP contribution in [0.1, 0.15) is 24.0 Å². The van der Waals surface area contributed by atoms with Gasteiger partial charge >= 0.3 is 6.18 Å². The first-order chi connectivity index (χ1) is 11.9. The second-order valence-electron chi connectivity index (χ2n) is 5.98. The van der Waals surface area contributed by atoms with Crippen LogP contribution in [0.4, 0.5) is 13.2 Å². The van der Waals surface area contributed by atoms with Crippen LogP contribution in [0.5, 0.6) is 0 Å². The summed E-state index contributed by atoms with van der Waals surface area (Å²) in [4.78, 5) is 18.1. The lowest BCUT2D eigenvalue weighted by atomic mass is 10.0. The lowest BCUT2D eigenvalue weighted by molar-refractivity contribution is -0.127. The van der Waals surface area contributed by atoms with E-state index in [4.69, 9.17) is 0 Å².